The molecule has 3 saturated heterocycles. The molecule has 0 aliphatic carbocycles. The summed E-state index contributed by atoms with van der Waals surface area (Å²) < 4.78 is 51.5. The van der Waals surface area contributed by atoms with Crippen molar-refractivity contribution in [3.05, 3.63) is 35.0 Å². The highest BCUT2D eigenvalue weighted by atomic mass is 32.2. The van der Waals surface area contributed by atoms with E-state index in [0.29, 0.717) is 55.5 Å². The van der Waals surface area contributed by atoms with Crippen molar-refractivity contribution < 1.29 is 27.1 Å². The molecular weight excluding hydrogens is 401 g/mol. The molecule has 3 fully saturated rings. The van der Waals surface area contributed by atoms with E-state index in [0.717, 1.165) is 0 Å². The summed E-state index contributed by atoms with van der Waals surface area (Å²) in [5, 5.41) is 0. The zero-order chi connectivity index (χ0) is 20.6. The molecule has 0 bridgehead atoms. The Bertz CT molecular complexity index is 930. The molecule has 8 nitrogen and oxygen atoms in total. The minimum absolute atomic E-state index is 0.0935. The van der Waals surface area contributed by atoms with Gasteiger partial charge in [0.1, 0.15) is 11.9 Å². The van der Waals surface area contributed by atoms with Gasteiger partial charge >= 0.3 is 6.09 Å². The van der Waals surface area contributed by atoms with Crippen LogP contribution in [0.3, 0.4) is 0 Å². The second-order valence-electron chi connectivity index (χ2n) is 7.22. The minimum Gasteiger partial charge on any atom is -0.443 e. The van der Waals surface area contributed by atoms with E-state index in [2.05, 4.69) is 0 Å². The number of cyclic esters (lactones) is 1. The Morgan fingerprint density at radius 2 is 2.00 bits per heavy atom. The summed E-state index contributed by atoms with van der Waals surface area (Å²) in [6.07, 6.45) is 0.852. The summed E-state index contributed by atoms with van der Waals surface area (Å²) in [4.78, 5) is 16.0. The Kier molecular flexibility index (Phi) is 5.50. The maximum absolute atomic E-state index is 14.7. The SMILES string of the molecule is C/C=C1/CCN(C[C@H]2CN(c3ccc(N4CCOCC4)c(F)c3)C(=O)O2)S1(=O)=O. The summed E-state index contributed by atoms with van der Waals surface area (Å²) >= 11 is 0. The van der Waals surface area contributed by atoms with Gasteiger partial charge in [0.15, 0.2) is 0 Å². The van der Waals surface area contributed by atoms with Crippen LogP contribution in [0.15, 0.2) is 29.2 Å². The number of nitrogens with zero attached hydrogens (tertiary/aromatic N) is 3. The fourth-order valence-electron chi connectivity index (χ4n) is 3.91. The predicted molar refractivity (Wildman–Crippen MR) is 106 cm³/mol. The molecule has 0 unspecified atom stereocenters. The van der Waals surface area contributed by atoms with Crippen LogP contribution in [0.4, 0.5) is 20.6 Å². The number of morpholine rings is 1. The quantitative estimate of drug-likeness (QED) is 0.734. The number of halogens is 1. The Morgan fingerprint density at radius 3 is 2.66 bits per heavy atom. The number of benzene rings is 1. The number of rotatable bonds is 4. The average Bonchev–Trinajstić information content (AvgIpc) is 3.21. The molecule has 1 amide bonds. The van der Waals surface area contributed by atoms with Crippen LogP contribution in [0, 0.1) is 5.82 Å². The van der Waals surface area contributed by atoms with Gasteiger partial charge in [-0.05, 0) is 31.5 Å². The first-order valence-corrected chi connectivity index (χ1v) is 11.1. The fraction of sp³-hybridized carbons (Fsp3) is 0.526. The minimum atomic E-state index is -3.48. The highest BCUT2D eigenvalue weighted by Crippen LogP contribution is 2.30. The van der Waals surface area contributed by atoms with Crippen LogP contribution in [0.5, 0.6) is 0 Å². The molecule has 4 rings (SSSR count). The van der Waals surface area contributed by atoms with Crippen LogP contribution in [-0.2, 0) is 19.5 Å². The van der Waals surface area contributed by atoms with Crippen molar-refractivity contribution in [2.75, 3.05) is 55.7 Å². The summed E-state index contributed by atoms with van der Waals surface area (Å²) in [5.74, 6) is -0.416. The molecule has 158 valence electrons. The largest absolute Gasteiger partial charge is 0.443 e. The number of carbonyl (C=O) groups excluding carboxylic acids is 1. The van der Waals surface area contributed by atoms with Crippen molar-refractivity contribution in [2.24, 2.45) is 0 Å². The monoisotopic (exact) mass is 425 g/mol. The van der Waals surface area contributed by atoms with Crippen LogP contribution in [0.2, 0.25) is 0 Å². The second-order valence-corrected chi connectivity index (χ2v) is 9.21. The number of allylic oxidation sites excluding steroid dienone is 1. The summed E-state index contributed by atoms with van der Waals surface area (Å²) in [7, 11) is -3.48. The van der Waals surface area contributed by atoms with E-state index >= 15 is 0 Å². The van der Waals surface area contributed by atoms with Gasteiger partial charge in [-0.15, -0.1) is 0 Å². The van der Waals surface area contributed by atoms with Crippen molar-refractivity contribution >= 4 is 27.5 Å². The highest BCUT2D eigenvalue weighted by molar-refractivity contribution is 7.93. The van der Waals surface area contributed by atoms with E-state index in [9.17, 15) is 17.6 Å². The van der Waals surface area contributed by atoms with E-state index in [1.807, 2.05) is 4.90 Å². The number of carbonyl (C=O) groups is 1. The topological polar surface area (TPSA) is 79.4 Å². The van der Waals surface area contributed by atoms with E-state index in [-0.39, 0.29) is 13.1 Å². The Hall–Kier alpha value is -2.17. The molecule has 3 heterocycles. The molecule has 3 aliphatic rings. The van der Waals surface area contributed by atoms with Crippen molar-refractivity contribution in [3.63, 3.8) is 0 Å². The molecule has 10 heteroatoms. The van der Waals surface area contributed by atoms with Crippen LogP contribution in [0.25, 0.3) is 0 Å². The molecule has 3 aliphatic heterocycles. The number of sulfonamides is 1. The van der Waals surface area contributed by atoms with Gasteiger partial charge < -0.3 is 14.4 Å². The first-order chi connectivity index (χ1) is 13.9. The average molecular weight is 425 g/mol. The lowest BCUT2D eigenvalue weighted by molar-refractivity contribution is 0.122. The summed E-state index contributed by atoms with van der Waals surface area (Å²) in [6, 6.07) is 4.65. The number of hydrogen-bond acceptors (Lipinski definition) is 6. The smallest absolute Gasteiger partial charge is 0.414 e. The fourth-order valence-corrected chi connectivity index (χ4v) is 5.58. The highest BCUT2D eigenvalue weighted by Gasteiger charge is 2.39. The second kappa shape index (κ2) is 7.92. The van der Waals surface area contributed by atoms with Gasteiger partial charge in [0.2, 0.25) is 10.0 Å². The van der Waals surface area contributed by atoms with Crippen molar-refractivity contribution in [1.29, 1.82) is 0 Å². The lowest BCUT2D eigenvalue weighted by atomic mass is 10.2. The van der Waals surface area contributed by atoms with Gasteiger partial charge in [-0.25, -0.2) is 17.6 Å². The first kappa shape index (κ1) is 20.1. The maximum atomic E-state index is 14.7. The standard InChI is InChI=1S/C19H24FN3O5S/c1-2-16-5-6-22(29(16,25)26)12-15-13-23(19(24)28-15)14-3-4-18(17(20)11-14)21-7-9-27-10-8-21/h2-4,11,15H,5-10,12-13H2,1H3/b16-2-/t15-/m0/s1. The Balaban J connectivity index is 1.45. The van der Waals surface area contributed by atoms with Gasteiger partial charge in [0, 0.05) is 19.6 Å². The van der Waals surface area contributed by atoms with Crippen molar-refractivity contribution in [3.8, 4) is 0 Å². The molecular formula is C19H24FN3O5S. The molecule has 0 aromatic heterocycles. The molecule has 1 aromatic carbocycles. The van der Waals surface area contributed by atoms with E-state index in [1.165, 1.54) is 15.3 Å². The first-order valence-electron chi connectivity index (χ1n) is 9.66. The van der Waals surface area contributed by atoms with Gasteiger partial charge in [-0.2, -0.15) is 4.31 Å². The van der Waals surface area contributed by atoms with Gasteiger partial charge in [0.05, 0.1) is 42.6 Å². The third-order valence-electron chi connectivity index (χ3n) is 5.48. The normalized spacial score (nSPS) is 26.3. The van der Waals surface area contributed by atoms with Crippen LogP contribution < -0.4 is 9.80 Å². The zero-order valence-electron chi connectivity index (χ0n) is 16.2. The summed E-state index contributed by atoms with van der Waals surface area (Å²) in [6.45, 7) is 4.67. The van der Waals surface area contributed by atoms with Gasteiger partial charge in [0.25, 0.3) is 0 Å². The lowest BCUT2D eigenvalue weighted by Gasteiger charge is -2.29. The molecule has 0 saturated carbocycles. The predicted octanol–water partition coefficient (Wildman–Crippen LogP) is 1.93. The number of ether oxygens (including phenoxy) is 2. The molecule has 29 heavy (non-hydrogen) atoms. The van der Waals surface area contributed by atoms with E-state index < -0.39 is 28.0 Å². The Morgan fingerprint density at radius 1 is 1.24 bits per heavy atom. The van der Waals surface area contributed by atoms with E-state index in [4.69, 9.17) is 9.47 Å². The van der Waals surface area contributed by atoms with Gasteiger partial charge in [-0.3, -0.25) is 4.90 Å². The maximum Gasteiger partial charge on any atom is 0.414 e. The van der Waals surface area contributed by atoms with E-state index in [1.54, 1.807) is 25.1 Å². The lowest BCUT2D eigenvalue weighted by Crippen LogP contribution is -2.37. The van der Waals surface area contributed by atoms with Crippen molar-refractivity contribution in [1.82, 2.24) is 4.31 Å². The third-order valence-corrected chi connectivity index (χ3v) is 7.59. The summed E-state index contributed by atoms with van der Waals surface area (Å²) in [5.41, 5.74) is 0.869. The van der Waals surface area contributed by atoms with Gasteiger partial charge in [-0.1, -0.05) is 6.08 Å². The number of hydrogen-bond donors (Lipinski definition) is 0. The van der Waals surface area contributed by atoms with Crippen molar-refractivity contribution in [2.45, 2.75) is 19.4 Å². The number of amides is 1. The zero-order valence-corrected chi connectivity index (χ0v) is 17.0. The van der Waals surface area contributed by atoms with Crippen LogP contribution >= 0.6 is 0 Å². The molecule has 1 aromatic rings. The van der Waals surface area contributed by atoms with Crippen LogP contribution in [0.1, 0.15) is 13.3 Å². The third kappa shape index (κ3) is 3.84. The Labute approximate surface area is 169 Å². The molecule has 1 atom stereocenters. The number of anilines is 2. The molecule has 0 N–H and O–H groups in total. The molecule has 0 spiro atoms. The molecule has 0 radical (unpaired) electrons. The van der Waals surface area contributed by atoms with Crippen LogP contribution in [-0.4, -0.2) is 70.9 Å².